The third-order valence-corrected chi connectivity index (χ3v) is 8.24. The number of nitrogens with two attached hydrogens (primary N) is 2. The summed E-state index contributed by atoms with van der Waals surface area (Å²) in [7, 11) is 0. The molecular formula is C34H40N8O9. The Kier molecular flexibility index (Phi) is 12.5. The van der Waals surface area contributed by atoms with Crippen molar-refractivity contribution in [2.75, 3.05) is 0 Å². The topological polar surface area (TPSA) is 292 Å². The molecule has 51 heavy (non-hydrogen) atoms. The molecular weight excluding hydrogens is 664 g/mol. The molecule has 0 saturated carbocycles. The number of aliphatic carboxylic acids is 2. The Morgan fingerprint density at radius 2 is 1.18 bits per heavy atom. The number of nitrogens with one attached hydrogen (secondary N) is 6. The first-order chi connectivity index (χ1) is 24.2. The van der Waals surface area contributed by atoms with Crippen LogP contribution in [0.2, 0.25) is 0 Å². The van der Waals surface area contributed by atoms with Crippen LogP contribution >= 0.6 is 0 Å². The fourth-order valence-electron chi connectivity index (χ4n) is 5.50. The number of carbonyl (C=O) groups excluding carboxylic acids is 5. The number of primary amides is 1. The number of benzene rings is 2. The van der Waals surface area contributed by atoms with Crippen LogP contribution in [0.5, 0.6) is 0 Å². The number of hydrogen-bond donors (Lipinski definition) is 10. The summed E-state index contributed by atoms with van der Waals surface area (Å²) < 4.78 is 0. The van der Waals surface area contributed by atoms with Gasteiger partial charge >= 0.3 is 11.9 Å². The van der Waals surface area contributed by atoms with E-state index in [1.807, 2.05) is 42.5 Å². The third kappa shape index (κ3) is 10.1. The maximum Gasteiger partial charge on any atom is 0.325 e. The molecule has 0 aliphatic carbocycles. The highest BCUT2D eigenvalue weighted by Crippen LogP contribution is 2.21. The highest BCUT2D eigenvalue weighted by atomic mass is 16.4. The lowest BCUT2D eigenvalue weighted by Crippen LogP contribution is -2.59. The highest BCUT2D eigenvalue weighted by Gasteiger charge is 2.33. The van der Waals surface area contributed by atoms with Gasteiger partial charge in [0.25, 0.3) is 0 Å². The standard InChI is InChI=1S/C34H40N8O9/c1-17(34(50)51)39-31(47)25(10-11-28(36)43)40-33(49)27(14-29(44)45)42-32(48)26(13-19-16-38-24-9-5-3-7-21(19)24)41-30(46)22(35)12-18-15-37-23-8-4-2-6-20(18)23/h2-9,15-17,22,25-27,37-38H,10-14,35H2,1H3,(H2,36,43)(H,39,47)(H,40,49)(H,41,46)(H,42,48)(H,44,45)(H,50,51)/t17-,22-,25-,26-,27-/m0/s1. The number of fused-ring (bicyclic) bond motifs is 2. The third-order valence-electron chi connectivity index (χ3n) is 8.24. The van der Waals surface area contributed by atoms with E-state index in [2.05, 4.69) is 31.2 Å². The normalized spacial score (nSPS) is 14.1. The second-order valence-corrected chi connectivity index (χ2v) is 12.1. The zero-order valence-electron chi connectivity index (χ0n) is 27.6. The zero-order chi connectivity index (χ0) is 37.2. The van der Waals surface area contributed by atoms with E-state index in [1.54, 1.807) is 18.5 Å². The first-order valence-electron chi connectivity index (χ1n) is 16.0. The van der Waals surface area contributed by atoms with Gasteiger partial charge in [0.15, 0.2) is 0 Å². The molecule has 4 rings (SSSR count). The van der Waals surface area contributed by atoms with E-state index >= 15 is 0 Å². The lowest BCUT2D eigenvalue weighted by atomic mass is 10.0. The van der Waals surface area contributed by atoms with Crippen molar-refractivity contribution in [3.05, 3.63) is 72.1 Å². The summed E-state index contributed by atoms with van der Waals surface area (Å²) in [5.74, 6) is -7.38. The average molecular weight is 705 g/mol. The number of carboxylic acids is 2. The van der Waals surface area contributed by atoms with Gasteiger partial charge in [-0.25, -0.2) is 0 Å². The summed E-state index contributed by atoms with van der Waals surface area (Å²) in [6.07, 6.45) is 1.78. The van der Waals surface area contributed by atoms with Gasteiger partial charge in [-0.3, -0.25) is 33.6 Å². The Labute approximate surface area is 290 Å². The molecule has 0 aliphatic heterocycles. The molecule has 0 fully saturated rings. The number of rotatable bonds is 18. The van der Waals surface area contributed by atoms with Crippen LogP contribution in [0.4, 0.5) is 0 Å². The van der Waals surface area contributed by atoms with Crippen molar-refractivity contribution >= 4 is 63.3 Å². The summed E-state index contributed by atoms with van der Waals surface area (Å²) in [5, 5.41) is 29.9. The summed E-state index contributed by atoms with van der Waals surface area (Å²) >= 11 is 0. The lowest BCUT2D eigenvalue weighted by Gasteiger charge is -2.25. The van der Waals surface area contributed by atoms with Crippen LogP contribution in [0.25, 0.3) is 21.8 Å². The fraction of sp³-hybridized carbons (Fsp3) is 0.324. The van der Waals surface area contributed by atoms with Crippen molar-refractivity contribution in [1.82, 2.24) is 31.2 Å². The van der Waals surface area contributed by atoms with Gasteiger partial charge in [-0.15, -0.1) is 0 Å². The van der Waals surface area contributed by atoms with Crippen LogP contribution in [0.1, 0.15) is 37.3 Å². The molecule has 0 saturated heterocycles. The number of carbonyl (C=O) groups is 7. The maximum atomic E-state index is 13.8. The first-order valence-corrected chi connectivity index (χ1v) is 16.0. The van der Waals surface area contributed by atoms with Gasteiger partial charge in [0, 0.05) is 47.0 Å². The van der Waals surface area contributed by atoms with Crippen LogP contribution in [-0.2, 0) is 46.4 Å². The van der Waals surface area contributed by atoms with Gasteiger partial charge in [-0.2, -0.15) is 0 Å². The number of para-hydroxylation sites is 2. The molecule has 12 N–H and O–H groups in total. The van der Waals surface area contributed by atoms with Crippen molar-refractivity contribution in [2.24, 2.45) is 11.5 Å². The molecule has 5 atom stereocenters. The van der Waals surface area contributed by atoms with Crippen molar-refractivity contribution in [3.8, 4) is 0 Å². The number of carboxylic acid groups (broad SMARTS) is 2. The summed E-state index contributed by atoms with van der Waals surface area (Å²) in [6.45, 7) is 1.18. The van der Waals surface area contributed by atoms with Gasteiger partial charge in [0.1, 0.15) is 24.2 Å². The molecule has 2 heterocycles. The molecule has 270 valence electrons. The second kappa shape index (κ2) is 16.9. The molecule has 2 aromatic carbocycles. The molecule has 0 aliphatic rings. The summed E-state index contributed by atoms with van der Waals surface area (Å²) in [5.41, 5.74) is 14.5. The van der Waals surface area contributed by atoms with E-state index in [-0.39, 0.29) is 25.7 Å². The van der Waals surface area contributed by atoms with Crippen LogP contribution in [0, 0.1) is 0 Å². The van der Waals surface area contributed by atoms with Gasteiger partial charge in [-0.05, 0) is 43.0 Å². The molecule has 2 aromatic heterocycles. The minimum Gasteiger partial charge on any atom is -0.481 e. The predicted octanol–water partition coefficient (Wildman–Crippen LogP) is -0.454. The van der Waals surface area contributed by atoms with Gasteiger partial charge < -0.3 is 52.9 Å². The predicted molar refractivity (Wildman–Crippen MR) is 184 cm³/mol. The molecule has 4 aromatic rings. The summed E-state index contributed by atoms with van der Waals surface area (Å²) in [4.78, 5) is 94.3. The number of aromatic amines is 2. The molecule has 0 radical (unpaired) electrons. The van der Waals surface area contributed by atoms with Gasteiger partial charge in [0.05, 0.1) is 12.5 Å². The van der Waals surface area contributed by atoms with E-state index < -0.39 is 78.1 Å². The van der Waals surface area contributed by atoms with Crippen LogP contribution < -0.4 is 32.7 Å². The monoisotopic (exact) mass is 704 g/mol. The van der Waals surface area contributed by atoms with Gasteiger partial charge in [-0.1, -0.05) is 36.4 Å². The molecule has 0 unspecified atom stereocenters. The Balaban J connectivity index is 1.56. The lowest BCUT2D eigenvalue weighted by molar-refractivity contribution is -0.143. The molecule has 17 nitrogen and oxygen atoms in total. The van der Waals surface area contributed by atoms with Crippen molar-refractivity contribution in [1.29, 1.82) is 0 Å². The number of amides is 5. The van der Waals surface area contributed by atoms with E-state index in [4.69, 9.17) is 11.5 Å². The number of aromatic nitrogens is 2. The van der Waals surface area contributed by atoms with Crippen molar-refractivity contribution < 1.29 is 43.8 Å². The number of hydrogen-bond acceptors (Lipinski definition) is 8. The van der Waals surface area contributed by atoms with E-state index in [1.165, 1.54) is 6.92 Å². The smallest absolute Gasteiger partial charge is 0.325 e. The molecule has 0 bridgehead atoms. The molecule has 5 amide bonds. The van der Waals surface area contributed by atoms with Crippen LogP contribution in [-0.4, -0.2) is 91.9 Å². The van der Waals surface area contributed by atoms with Crippen LogP contribution in [0.15, 0.2) is 60.9 Å². The quantitative estimate of drug-likeness (QED) is 0.0636. The average Bonchev–Trinajstić information content (AvgIpc) is 3.69. The largest absolute Gasteiger partial charge is 0.481 e. The Hall–Kier alpha value is -6.23. The minimum absolute atomic E-state index is 0.0838. The van der Waals surface area contributed by atoms with E-state index in [0.29, 0.717) is 5.56 Å². The fourth-order valence-corrected chi connectivity index (χ4v) is 5.50. The molecule has 0 spiro atoms. The van der Waals surface area contributed by atoms with E-state index in [0.717, 1.165) is 27.4 Å². The number of H-pyrrole nitrogens is 2. The Bertz CT molecular complexity index is 1940. The SMILES string of the molecule is C[C@H](NC(=O)[C@H](CCC(N)=O)NC(=O)[C@H](CC(=O)O)NC(=O)[C@H](Cc1c[nH]c2ccccc12)NC(=O)[C@@H](N)Cc1c[nH]c2ccccc12)C(=O)O. The molecule has 17 heteroatoms. The first kappa shape index (κ1) is 37.6. The van der Waals surface area contributed by atoms with Crippen LogP contribution in [0.3, 0.4) is 0 Å². The van der Waals surface area contributed by atoms with Gasteiger partial charge in [0.2, 0.25) is 29.5 Å². The van der Waals surface area contributed by atoms with Crippen molar-refractivity contribution in [3.63, 3.8) is 0 Å². The highest BCUT2D eigenvalue weighted by molar-refractivity contribution is 5.97. The summed E-state index contributed by atoms with van der Waals surface area (Å²) in [6, 6.07) is 7.60. The van der Waals surface area contributed by atoms with Crippen molar-refractivity contribution in [2.45, 2.75) is 69.2 Å². The van der Waals surface area contributed by atoms with E-state index in [9.17, 15) is 43.8 Å². The Morgan fingerprint density at radius 1 is 0.686 bits per heavy atom. The maximum absolute atomic E-state index is 13.8. The zero-order valence-corrected chi connectivity index (χ0v) is 27.6. The minimum atomic E-state index is -1.77. The Morgan fingerprint density at radius 3 is 1.73 bits per heavy atom. The second-order valence-electron chi connectivity index (χ2n) is 12.1.